The normalized spacial score (nSPS) is 20.8. The number of amides is 1. The van der Waals surface area contributed by atoms with E-state index < -0.39 is 0 Å². The lowest BCUT2D eigenvalue weighted by molar-refractivity contribution is -0.124. The zero-order chi connectivity index (χ0) is 17.5. The number of para-hydroxylation sites is 1. The van der Waals surface area contributed by atoms with Crippen LogP contribution in [-0.2, 0) is 4.79 Å². The van der Waals surface area contributed by atoms with Crippen LogP contribution in [0.1, 0.15) is 32.1 Å². The second-order valence-corrected chi connectivity index (χ2v) is 7.45. The minimum absolute atomic E-state index is 0. The highest BCUT2D eigenvalue weighted by Gasteiger charge is 2.39. The molecule has 1 amide bonds. The van der Waals surface area contributed by atoms with E-state index in [1.165, 1.54) is 32.1 Å². The number of hydrogen-bond acceptors (Lipinski definition) is 4. The smallest absolute Gasteiger partial charge is 0.258 e. The van der Waals surface area contributed by atoms with Crippen LogP contribution in [0, 0.1) is 0 Å². The standard InChI is InChI=1S/C20H31N3O2.ClH/c1-22-12-14-23(15-13-22)20(10-6-3-7-11-20)17-21-19(24)16-25-18-8-4-2-5-9-18;/h2,4-5,8-9H,3,6-7,10-17H2,1H3,(H,21,24);1H. The van der Waals surface area contributed by atoms with Crippen molar-refractivity contribution in [1.29, 1.82) is 0 Å². The van der Waals surface area contributed by atoms with Crippen molar-refractivity contribution < 1.29 is 9.53 Å². The average molecular weight is 382 g/mol. The van der Waals surface area contributed by atoms with E-state index >= 15 is 0 Å². The van der Waals surface area contributed by atoms with Gasteiger partial charge < -0.3 is 15.0 Å². The summed E-state index contributed by atoms with van der Waals surface area (Å²) in [4.78, 5) is 17.3. The second kappa shape index (κ2) is 10.1. The van der Waals surface area contributed by atoms with Crippen LogP contribution in [0.3, 0.4) is 0 Å². The Hall–Kier alpha value is -1.30. The lowest BCUT2D eigenvalue weighted by Gasteiger charge is -2.49. The number of likely N-dealkylation sites (N-methyl/N-ethyl adjacent to an activating group) is 1. The molecular weight excluding hydrogens is 350 g/mol. The van der Waals surface area contributed by atoms with Crippen molar-refractivity contribution in [3.8, 4) is 5.75 Å². The van der Waals surface area contributed by atoms with Gasteiger partial charge >= 0.3 is 0 Å². The summed E-state index contributed by atoms with van der Waals surface area (Å²) in [6, 6.07) is 9.52. The van der Waals surface area contributed by atoms with E-state index in [1.54, 1.807) is 0 Å². The van der Waals surface area contributed by atoms with Gasteiger partial charge in [0.15, 0.2) is 6.61 Å². The fraction of sp³-hybridized carbons (Fsp3) is 0.650. The van der Waals surface area contributed by atoms with Gasteiger partial charge in [0.25, 0.3) is 5.91 Å². The predicted molar refractivity (Wildman–Crippen MR) is 107 cm³/mol. The number of carbonyl (C=O) groups is 1. The van der Waals surface area contributed by atoms with E-state index in [4.69, 9.17) is 4.74 Å². The quantitative estimate of drug-likeness (QED) is 0.822. The summed E-state index contributed by atoms with van der Waals surface area (Å²) in [5.74, 6) is 0.715. The SMILES string of the molecule is CN1CCN(C2(CNC(=O)COc3ccccc3)CCCCC2)CC1.Cl. The highest BCUT2D eigenvalue weighted by molar-refractivity contribution is 5.85. The molecule has 146 valence electrons. The Morgan fingerprint density at radius 2 is 1.73 bits per heavy atom. The number of rotatable bonds is 6. The van der Waals surface area contributed by atoms with E-state index in [9.17, 15) is 4.79 Å². The third-order valence-corrected chi connectivity index (χ3v) is 5.69. The Bertz CT molecular complexity index is 541. The Morgan fingerprint density at radius 3 is 2.38 bits per heavy atom. The van der Waals surface area contributed by atoms with Gasteiger partial charge in [-0.25, -0.2) is 0 Å². The zero-order valence-electron chi connectivity index (χ0n) is 15.8. The number of nitrogens with zero attached hydrogens (tertiary/aromatic N) is 2. The maximum Gasteiger partial charge on any atom is 0.258 e. The van der Waals surface area contributed by atoms with Gasteiger partial charge in [0.05, 0.1) is 0 Å². The molecule has 1 heterocycles. The number of benzene rings is 1. The van der Waals surface area contributed by atoms with Crippen LogP contribution >= 0.6 is 12.4 Å². The number of nitrogens with one attached hydrogen (secondary N) is 1. The Balaban J connectivity index is 0.00000243. The molecule has 0 aromatic heterocycles. The summed E-state index contributed by atoms with van der Waals surface area (Å²) in [5.41, 5.74) is 0.141. The van der Waals surface area contributed by atoms with E-state index in [1.807, 2.05) is 30.3 Å². The molecule has 1 aromatic carbocycles. The van der Waals surface area contributed by atoms with E-state index in [-0.39, 0.29) is 30.5 Å². The van der Waals surface area contributed by atoms with E-state index in [0.29, 0.717) is 0 Å². The van der Waals surface area contributed by atoms with Crippen molar-refractivity contribution in [2.45, 2.75) is 37.6 Å². The number of hydrogen-bond donors (Lipinski definition) is 1. The van der Waals surface area contributed by atoms with Crippen molar-refractivity contribution in [2.24, 2.45) is 0 Å². The van der Waals surface area contributed by atoms with E-state index in [2.05, 4.69) is 22.2 Å². The van der Waals surface area contributed by atoms with Crippen molar-refractivity contribution in [2.75, 3.05) is 46.4 Å². The second-order valence-electron chi connectivity index (χ2n) is 7.45. The molecule has 6 heteroatoms. The van der Waals surface area contributed by atoms with Gasteiger partial charge in [0, 0.05) is 38.3 Å². The first-order valence-electron chi connectivity index (χ1n) is 9.56. The van der Waals surface area contributed by atoms with Gasteiger partial charge in [0.1, 0.15) is 5.75 Å². The van der Waals surface area contributed by atoms with Crippen LogP contribution in [0.2, 0.25) is 0 Å². The van der Waals surface area contributed by atoms with Crippen LogP contribution < -0.4 is 10.1 Å². The third-order valence-electron chi connectivity index (χ3n) is 5.69. The fourth-order valence-corrected chi connectivity index (χ4v) is 4.08. The first-order chi connectivity index (χ1) is 12.2. The lowest BCUT2D eigenvalue weighted by Crippen LogP contribution is -2.61. The van der Waals surface area contributed by atoms with Crippen LogP contribution in [0.4, 0.5) is 0 Å². The maximum atomic E-state index is 12.3. The highest BCUT2D eigenvalue weighted by atomic mass is 35.5. The average Bonchev–Trinajstić information content (AvgIpc) is 2.67. The Kier molecular flexibility index (Phi) is 8.19. The topological polar surface area (TPSA) is 44.8 Å². The Morgan fingerprint density at radius 1 is 1.08 bits per heavy atom. The largest absolute Gasteiger partial charge is 0.484 e. The van der Waals surface area contributed by atoms with Crippen LogP contribution in [0.25, 0.3) is 0 Å². The van der Waals surface area contributed by atoms with Gasteiger partial charge in [0.2, 0.25) is 0 Å². The van der Waals surface area contributed by atoms with Gasteiger partial charge in [-0.2, -0.15) is 0 Å². The molecule has 26 heavy (non-hydrogen) atoms. The van der Waals surface area contributed by atoms with Crippen LogP contribution in [0.5, 0.6) is 5.75 Å². The Labute approximate surface area is 163 Å². The predicted octanol–water partition coefficient (Wildman–Crippen LogP) is 2.55. The molecule has 2 aliphatic rings. The number of carbonyl (C=O) groups excluding carboxylic acids is 1. The molecule has 0 radical (unpaired) electrons. The van der Waals surface area contributed by atoms with Crippen molar-refractivity contribution in [3.63, 3.8) is 0 Å². The minimum atomic E-state index is -0.0251. The summed E-state index contributed by atoms with van der Waals surface area (Å²) < 4.78 is 5.57. The molecule has 1 aliphatic carbocycles. The summed E-state index contributed by atoms with van der Waals surface area (Å²) >= 11 is 0. The van der Waals surface area contributed by atoms with Crippen LogP contribution in [-0.4, -0.2) is 67.6 Å². The zero-order valence-corrected chi connectivity index (χ0v) is 16.6. The first kappa shape index (κ1) is 21.0. The number of ether oxygens (including phenoxy) is 1. The van der Waals surface area contributed by atoms with Crippen molar-refractivity contribution in [1.82, 2.24) is 15.1 Å². The van der Waals surface area contributed by atoms with Gasteiger partial charge in [-0.05, 0) is 32.0 Å². The molecule has 1 aliphatic heterocycles. The summed E-state index contributed by atoms with van der Waals surface area (Å²) in [5, 5.41) is 3.15. The monoisotopic (exact) mass is 381 g/mol. The minimum Gasteiger partial charge on any atom is -0.484 e. The van der Waals surface area contributed by atoms with Crippen molar-refractivity contribution >= 4 is 18.3 Å². The lowest BCUT2D eigenvalue weighted by atomic mass is 9.79. The number of halogens is 1. The molecule has 0 atom stereocenters. The molecule has 1 N–H and O–H groups in total. The molecule has 3 rings (SSSR count). The molecule has 1 saturated heterocycles. The fourth-order valence-electron chi connectivity index (χ4n) is 4.08. The molecule has 1 aromatic rings. The molecule has 0 unspecified atom stereocenters. The maximum absolute atomic E-state index is 12.3. The van der Waals surface area contributed by atoms with Gasteiger partial charge in [-0.15, -0.1) is 12.4 Å². The molecular formula is C20H32ClN3O2. The third kappa shape index (κ3) is 5.60. The summed E-state index contributed by atoms with van der Waals surface area (Å²) in [6.45, 7) is 5.27. The number of piperazine rings is 1. The van der Waals surface area contributed by atoms with Crippen molar-refractivity contribution in [3.05, 3.63) is 30.3 Å². The summed E-state index contributed by atoms with van der Waals surface area (Å²) in [7, 11) is 2.19. The molecule has 2 fully saturated rings. The molecule has 5 nitrogen and oxygen atoms in total. The first-order valence-corrected chi connectivity index (χ1v) is 9.56. The van der Waals surface area contributed by atoms with Gasteiger partial charge in [-0.1, -0.05) is 37.5 Å². The molecule has 0 spiro atoms. The highest BCUT2D eigenvalue weighted by Crippen LogP contribution is 2.34. The van der Waals surface area contributed by atoms with Gasteiger partial charge in [-0.3, -0.25) is 9.69 Å². The van der Waals surface area contributed by atoms with E-state index in [0.717, 1.165) is 38.5 Å². The van der Waals surface area contributed by atoms with Crippen LogP contribution in [0.15, 0.2) is 30.3 Å². The molecule has 1 saturated carbocycles. The summed E-state index contributed by atoms with van der Waals surface area (Å²) in [6.07, 6.45) is 6.24. The molecule has 0 bridgehead atoms.